The van der Waals surface area contributed by atoms with Crippen LogP contribution < -0.4 is 5.73 Å². The van der Waals surface area contributed by atoms with Crippen LogP contribution in [0.25, 0.3) is 0 Å². The van der Waals surface area contributed by atoms with Crippen LogP contribution in [0.5, 0.6) is 0 Å². The van der Waals surface area contributed by atoms with Gasteiger partial charge >= 0.3 is 0 Å². The maximum Gasteiger partial charge on any atom is 0.151 e. The minimum absolute atomic E-state index is 0.462. The molecule has 2 rings (SSSR count). The highest BCUT2D eigenvalue weighted by Crippen LogP contribution is 2.13. The van der Waals surface area contributed by atoms with Gasteiger partial charge in [0, 0.05) is 12.6 Å². The smallest absolute Gasteiger partial charge is 0.151 e. The van der Waals surface area contributed by atoms with Gasteiger partial charge in [-0.1, -0.05) is 11.6 Å². The molecule has 14 heavy (non-hydrogen) atoms. The summed E-state index contributed by atoms with van der Waals surface area (Å²) in [4.78, 5) is 2.41. The summed E-state index contributed by atoms with van der Waals surface area (Å²) < 4.78 is 5.19. The van der Waals surface area contributed by atoms with Crippen molar-refractivity contribution in [2.24, 2.45) is 5.73 Å². The number of nitrogens with zero attached hydrogens (tertiary/aromatic N) is 2. The van der Waals surface area contributed by atoms with Gasteiger partial charge in [-0.25, -0.2) is 0 Å². The molecule has 0 atom stereocenters. The third-order valence-corrected chi connectivity index (χ3v) is 2.65. The Bertz CT molecular complexity index is 279. The molecule has 1 aliphatic heterocycles. The van der Waals surface area contributed by atoms with Crippen molar-refractivity contribution in [1.29, 1.82) is 0 Å². The molecule has 0 saturated carbocycles. The number of nitrogens with two attached hydrogens (primary N) is 1. The van der Waals surface area contributed by atoms with Gasteiger partial charge in [0.2, 0.25) is 0 Å². The molecule has 1 fully saturated rings. The number of hydrogen-bond acceptors (Lipinski definition) is 4. The first kappa shape index (κ1) is 9.68. The van der Waals surface area contributed by atoms with Gasteiger partial charge in [-0.15, -0.1) is 0 Å². The Kier molecular flexibility index (Phi) is 3.16. The van der Waals surface area contributed by atoms with E-state index in [9.17, 15) is 0 Å². The minimum Gasteiger partial charge on any atom is -0.360 e. The van der Waals surface area contributed by atoms with Crippen molar-refractivity contribution in [3.63, 3.8) is 0 Å². The molecule has 0 unspecified atom stereocenters. The lowest BCUT2D eigenvalue weighted by molar-refractivity contribution is 0.197. The van der Waals surface area contributed by atoms with Crippen molar-refractivity contribution in [1.82, 2.24) is 10.1 Å². The van der Waals surface area contributed by atoms with E-state index in [0.717, 1.165) is 18.0 Å². The van der Waals surface area contributed by atoms with Gasteiger partial charge in [0.1, 0.15) is 0 Å². The highest BCUT2D eigenvalue weighted by molar-refractivity contribution is 5.04. The predicted octanol–water partition coefficient (Wildman–Crippen LogP) is 1.12. The highest BCUT2D eigenvalue weighted by atomic mass is 16.5. The average molecular weight is 195 g/mol. The molecule has 2 N–H and O–H groups in total. The van der Waals surface area contributed by atoms with Crippen molar-refractivity contribution < 1.29 is 4.52 Å². The van der Waals surface area contributed by atoms with E-state index in [1.165, 1.54) is 32.4 Å². The molecule has 4 nitrogen and oxygen atoms in total. The van der Waals surface area contributed by atoms with Crippen molar-refractivity contribution in [2.45, 2.75) is 32.4 Å². The topological polar surface area (TPSA) is 55.3 Å². The van der Waals surface area contributed by atoms with Crippen LogP contribution in [0.1, 0.15) is 30.7 Å². The van der Waals surface area contributed by atoms with Gasteiger partial charge < -0.3 is 10.3 Å². The first-order chi connectivity index (χ1) is 6.88. The standard InChI is InChI=1S/C10H17N3O/c11-7-9-6-10(14-12-9)8-13-4-2-1-3-5-13/h6H,1-5,7-8,11H2. The predicted molar refractivity (Wildman–Crippen MR) is 53.5 cm³/mol. The summed E-state index contributed by atoms with van der Waals surface area (Å²) in [6, 6.07) is 1.95. The lowest BCUT2D eigenvalue weighted by atomic mass is 10.1. The first-order valence-corrected chi connectivity index (χ1v) is 5.25. The minimum atomic E-state index is 0.462. The van der Waals surface area contributed by atoms with Crippen molar-refractivity contribution in [2.75, 3.05) is 13.1 Å². The van der Waals surface area contributed by atoms with Crippen LogP contribution in [0.2, 0.25) is 0 Å². The van der Waals surface area contributed by atoms with E-state index in [1.54, 1.807) is 0 Å². The van der Waals surface area contributed by atoms with Gasteiger partial charge in [0.05, 0.1) is 12.2 Å². The summed E-state index contributed by atoms with van der Waals surface area (Å²) in [6.07, 6.45) is 3.97. The summed E-state index contributed by atoms with van der Waals surface area (Å²) in [7, 11) is 0. The fraction of sp³-hybridized carbons (Fsp3) is 0.700. The van der Waals surface area contributed by atoms with Crippen molar-refractivity contribution >= 4 is 0 Å². The van der Waals surface area contributed by atoms with E-state index in [0.29, 0.717) is 6.54 Å². The van der Waals surface area contributed by atoms with Crippen LogP contribution >= 0.6 is 0 Å². The molecule has 0 spiro atoms. The zero-order valence-corrected chi connectivity index (χ0v) is 8.41. The summed E-state index contributed by atoms with van der Waals surface area (Å²) >= 11 is 0. The second kappa shape index (κ2) is 4.57. The van der Waals surface area contributed by atoms with Gasteiger partial charge in [-0.2, -0.15) is 0 Å². The van der Waals surface area contributed by atoms with Gasteiger partial charge in [-0.3, -0.25) is 4.90 Å². The Balaban J connectivity index is 1.89. The number of piperidine rings is 1. The number of rotatable bonds is 3. The Morgan fingerprint density at radius 3 is 2.79 bits per heavy atom. The molecule has 1 aliphatic rings. The van der Waals surface area contributed by atoms with Crippen LogP contribution in [0.15, 0.2) is 10.6 Å². The molecular formula is C10H17N3O. The van der Waals surface area contributed by atoms with Crippen LogP contribution in [0.4, 0.5) is 0 Å². The Labute approximate surface area is 84.0 Å². The fourth-order valence-corrected chi connectivity index (χ4v) is 1.86. The van der Waals surface area contributed by atoms with Gasteiger partial charge in [-0.05, 0) is 25.9 Å². The summed E-state index contributed by atoms with van der Waals surface area (Å²) in [5, 5.41) is 3.87. The van der Waals surface area contributed by atoms with Crippen molar-refractivity contribution in [3.05, 3.63) is 17.5 Å². The van der Waals surface area contributed by atoms with E-state index in [4.69, 9.17) is 10.3 Å². The zero-order chi connectivity index (χ0) is 9.80. The van der Waals surface area contributed by atoms with Crippen molar-refractivity contribution in [3.8, 4) is 0 Å². The van der Waals surface area contributed by atoms with Crippen LogP contribution in [0.3, 0.4) is 0 Å². The third kappa shape index (κ3) is 2.33. The van der Waals surface area contributed by atoms with Crippen LogP contribution in [0, 0.1) is 0 Å². The second-order valence-electron chi connectivity index (χ2n) is 3.83. The average Bonchev–Trinajstić information content (AvgIpc) is 2.67. The van der Waals surface area contributed by atoms with E-state index in [2.05, 4.69) is 10.1 Å². The quantitative estimate of drug-likeness (QED) is 0.785. The van der Waals surface area contributed by atoms with E-state index < -0.39 is 0 Å². The first-order valence-electron chi connectivity index (χ1n) is 5.25. The van der Waals surface area contributed by atoms with Gasteiger partial charge in [0.25, 0.3) is 0 Å². The fourth-order valence-electron chi connectivity index (χ4n) is 1.86. The van der Waals surface area contributed by atoms with Crippen LogP contribution in [-0.2, 0) is 13.1 Å². The molecule has 1 saturated heterocycles. The molecule has 0 aliphatic carbocycles. The summed E-state index contributed by atoms with van der Waals surface area (Å²) in [5.74, 6) is 0.937. The monoisotopic (exact) mass is 195 g/mol. The molecule has 1 aromatic heterocycles. The molecule has 4 heteroatoms. The number of aromatic nitrogens is 1. The molecule has 78 valence electrons. The Morgan fingerprint density at radius 1 is 1.36 bits per heavy atom. The molecule has 0 radical (unpaired) electrons. The van der Waals surface area contributed by atoms with Gasteiger partial charge in [0.15, 0.2) is 5.76 Å². The zero-order valence-electron chi connectivity index (χ0n) is 8.41. The molecule has 0 bridgehead atoms. The molecule has 0 amide bonds. The number of hydrogen-bond donors (Lipinski definition) is 1. The number of likely N-dealkylation sites (tertiary alicyclic amines) is 1. The molecule has 0 aromatic carbocycles. The highest BCUT2D eigenvalue weighted by Gasteiger charge is 2.12. The Hall–Kier alpha value is -0.870. The SMILES string of the molecule is NCc1cc(CN2CCCCC2)on1. The molecular weight excluding hydrogens is 178 g/mol. The lowest BCUT2D eigenvalue weighted by Gasteiger charge is -2.24. The molecule has 2 heterocycles. The van der Waals surface area contributed by atoms with Crippen LogP contribution in [-0.4, -0.2) is 23.1 Å². The Morgan fingerprint density at radius 2 is 2.14 bits per heavy atom. The third-order valence-electron chi connectivity index (χ3n) is 2.65. The maximum atomic E-state index is 5.46. The lowest BCUT2D eigenvalue weighted by Crippen LogP contribution is -2.28. The maximum absolute atomic E-state index is 5.46. The van der Waals surface area contributed by atoms with E-state index in [1.807, 2.05) is 6.07 Å². The molecule has 1 aromatic rings. The van der Waals surface area contributed by atoms with E-state index >= 15 is 0 Å². The normalized spacial score (nSPS) is 18.6. The summed E-state index contributed by atoms with van der Waals surface area (Å²) in [5.41, 5.74) is 6.30. The largest absolute Gasteiger partial charge is 0.360 e. The summed E-state index contributed by atoms with van der Waals surface area (Å²) in [6.45, 7) is 3.70. The second-order valence-corrected chi connectivity index (χ2v) is 3.83. The van der Waals surface area contributed by atoms with E-state index in [-0.39, 0.29) is 0 Å².